The van der Waals surface area contributed by atoms with Gasteiger partial charge in [-0.2, -0.15) is 11.3 Å². The van der Waals surface area contributed by atoms with Crippen LogP contribution in [0.1, 0.15) is 52.0 Å². The molecule has 0 amide bonds. The van der Waals surface area contributed by atoms with Crippen LogP contribution in [0.4, 0.5) is 0 Å². The van der Waals surface area contributed by atoms with Crippen LogP contribution in [-0.2, 0) is 6.54 Å². The van der Waals surface area contributed by atoms with E-state index in [0.29, 0.717) is 6.04 Å². The highest BCUT2D eigenvalue weighted by Crippen LogP contribution is 2.31. The molecule has 3 heteroatoms. The Morgan fingerprint density at radius 1 is 1.35 bits per heavy atom. The molecule has 1 fully saturated rings. The van der Waals surface area contributed by atoms with Crippen LogP contribution in [0, 0.1) is 5.92 Å². The van der Waals surface area contributed by atoms with Crippen molar-refractivity contribution in [3.63, 3.8) is 0 Å². The second-order valence-electron chi connectivity index (χ2n) is 6.62. The molecule has 1 aliphatic carbocycles. The van der Waals surface area contributed by atoms with Gasteiger partial charge in [0, 0.05) is 18.6 Å². The Kier molecular flexibility index (Phi) is 6.53. The topological polar surface area (TPSA) is 15.3 Å². The van der Waals surface area contributed by atoms with Crippen molar-refractivity contribution in [2.24, 2.45) is 5.92 Å². The second kappa shape index (κ2) is 8.16. The lowest BCUT2D eigenvalue weighted by atomic mass is 10.1. The van der Waals surface area contributed by atoms with Gasteiger partial charge in [-0.25, -0.2) is 0 Å². The van der Waals surface area contributed by atoms with E-state index in [2.05, 4.69) is 47.8 Å². The summed E-state index contributed by atoms with van der Waals surface area (Å²) in [4.78, 5) is 2.73. The van der Waals surface area contributed by atoms with Crippen molar-refractivity contribution in [1.82, 2.24) is 10.2 Å². The Morgan fingerprint density at radius 2 is 2.15 bits per heavy atom. The fourth-order valence-electron chi connectivity index (χ4n) is 2.72. The predicted octanol–water partition coefficient (Wildman–Crippen LogP) is 4.13. The van der Waals surface area contributed by atoms with E-state index in [-0.39, 0.29) is 0 Å². The minimum Gasteiger partial charge on any atom is -0.316 e. The van der Waals surface area contributed by atoms with Gasteiger partial charge in [0.25, 0.3) is 0 Å². The van der Waals surface area contributed by atoms with Crippen molar-refractivity contribution in [3.05, 3.63) is 22.4 Å². The summed E-state index contributed by atoms with van der Waals surface area (Å²) in [5.41, 5.74) is 1.49. The second-order valence-corrected chi connectivity index (χ2v) is 7.40. The van der Waals surface area contributed by atoms with Crippen molar-refractivity contribution >= 4 is 11.3 Å². The molecule has 1 aliphatic rings. The third kappa shape index (κ3) is 5.55. The van der Waals surface area contributed by atoms with Gasteiger partial charge in [0.2, 0.25) is 0 Å². The van der Waals surface area contributed by atoms with Gasteiger partial charge in [0.1, 0.15) is 0 Å². The molecular weight excluding hydrogens is 264 g/mol. The monoisotopic (exact) mass is 294 g/mol. The van der Waals surface area contributed by atoms with Crippen molar-refractivity contribution in [3.8, 4) is 0 Å². The third-order valence-electron chi connectivity index (χ3n) is 4.06. The molecule has 0 radical (unpaired) electrons. The van der Waals surface area contributed by atoms with Crippen molar-refractivity contribution in [1.29, 1.82) is 0 Å². The van der Waals surface area contributed by atoms with E-state index < -0.39 is 0 Å². The third-order valence-corrected chi connectivity index (χ3v) is 4.79. The van der Waals surface area contributed by atoms with Gasteiger partial charge in [-0.3, -0.25) is 4.90 Å². The van der Waals surface area contributed by atoms with Crippen LogP contribution in [-0.4, -0.2) is 30.1 Å². The van der Waals surface area contributed by atoms with Gasteiger partial charge in [0.15, 0.2) is 0 Å². The Balaban J connectivity index is 1.69. The zero-order valence-corrected chi connectivity index (χ0v) is 14.1. The largest absolute Gasteiger partial charge is 0.316 e. The van der Waals surface area contributed by atoms with Crippen molar-refractivity contribution < 1.29 is 0 Å². The lowest BCUT2D eigenvalue weighted by Gasteiger charge is -2.29. The van der Waals surface area contributed by atoms with Crippen molar-refractivity contribution in [2.45, 2.75) is 65.1 Å². The van der Waals surface area contributed by atoms with Crippen LogP contribution in [0.15, 0.2) is 16.8 Å². The lowest BCUT2D eigenvalue weighted by Crippen LogP contribution is -2.35. The summed E-state index contributed by atoms with van der Waals surface area (Å²) >= 11 is 1.82. The van der Waals surface area contributed by atoms with Crippen molar-refractivity contribution in [2.75, 3.05) is 13.1 Å². The Labute approximate surface area is 128 Å². The number of nitrogens with one attached hydrogen (secondary N) is 1. The van der Waals surface area contributed by atoms with E-state index in [1.54, 1.807) is 0 Å². The Morgan fingerprint density at radius 3 is 2.75 bits per heavy atom. The molecule has 1 atom stereocenters. The molecule has 114 valence electrons. The standard InChI is InChI=1S/C17H30N2S/c1-14(2)11-18-9-4-5-15(3)19(17-6-7-17)12-16-8-10-20-13-16/h8,10,13-15,17-18H,4-7,9,11-12H2,1-3H3. The molecule has 1 N–H and O–H groups in total. The molecular formula is C17H30N2S. The summed E-state index contributed by atoms with van der Waals surface area (Å²) in [6.45, 7) is 10.4. The van der Waals surface area contributed by atoms with Gasteiger partial charge in [-0.05, 0) is 74.0 Å². The molecule has 1 saturated carbocycles. The van der Waals surface area contributed by atoms with Gasteiger partial charge < -0.3 is 5.32 Å². The number of hydrogen-bond donors (Lipinski definition) is 1. The minimum absolute atomic E-state index is 0.711. The zero-order chi connectivity index (χ0) is 14.4. The molecule has 20 heavy (non-hydrogen) atoms. The average molecular weight is 295 g/mol. The first-order valence-corrected chi connectivity index (χ1v) is 9.08. The van der Waals surface area contributed by atoms with E-state index in [9.17, 15) is 0 Å². The molecule has 2 rings (SSSR count). The van der Waals surface area contributed by atoms with Gasteiger partial charge in [-0.1, -0.05) is 13.8 Å². The summed E-state index contributed by atoms with van der Waals surface area (Å²) in [5.74, 6) is 0.758. The molecule has 1 heterocycles. The smallest absolute Gasteiger partial charge is 0.0247 e. The molecule has 0 aromatic carbocycles. The van der Waals surface area contributed by atoms with Crippen LogP contribution >= 0.6 is 11.3 Å². The highest BCUT2D eigenvalue weighted by Gasteiger charge is 2.31. The maximum absolute atomic E-state index is 3.55. The normalized spacial score (nSPS) is 17.1. The van der Waals surface area contributed by atoms with E-state index in [1.165, 1.54) is 37.8 Å². The van der Waals surface area contributed by atoms with E-state index in [0.717, 1.165) is 25.0 Å². The van der Waals surface area contributed by atoms with Gasteiger partial charge >= 0.3 is 0 Å². The maximum atomic E-state index is 3.55. The number of thiophene rings is 1. The molecule has 1 unspecified atom stereocenters. The van der Waals surface area contributed by atoms with E-state index >= 15 is 0 Å². The summed E-state index contributed by atoms with van der Waals surface area (Å²) in [5, 5.41) is 8.05. The number of hydrogen-bond acceptors (Lipinski definition) is 3. The minimum atomic E-state index is 0.711. The van der Waals surface area contributed by atoms with Crippen LogP contribution in [0.3, 0.4) is 0 Å². The average Bonchev–Trinajstić information content (AvgIpc) is 3.12. The highest BCUT2D eigenvalue weighted by molar-refractivity contribution is 7.07. The first kappa shape index (κ1) is 16.0. The van der Waals surface area contributed by atoms with E-state index in [1.807, 2.05) is 11.3 Å². The van der Waals surface area contributed by atoms with Gasteiger partial charge in [-0.15, -0.1) is 0 Å². The van der Waals surface area contributed by atoms with Crippen LogP contribution < -0.4 is 5.32 Å². The summed E-state index contributed by atoms with van der Waals surface area (Å²) in [6.07, 6.45) is 5.41. The molecule has 1 aromatic rings. The Bertz CT molecular complexity index is 357. The zero-order valence-electron chi connectivity index (χ0n) is 13.3. The van der Waals surface area contributed by atoms with E-state index in [4.69, 9.17) is 0 Å². The predicted molar refractivity (Wildman–Crippen MR) is 89.3 cm³/mol. The summed E-state index contributed by atoms with van der Waals surface area (Å²) in [7, 11) is 0. The van der Waals surface area contributed by atoms with Crippen LogP contribution in [0.5, 0.6) is 0 Å². The van der Waals surface area contributed by atoms with Crippen LogP contribution in [0.2, 0.25) is 0 Å². The molecule has 0 saturated heterocycles. The fourth-order valence-corrected chi connectivity index (χ4v) is 3.38. The molecule has 0 spiro atoms. The van der Waals surface area contributed by atoms with Gasteiger partial charge in [0.05, 0.1) is 0 Å². The Hall–Kier alpha value is -0.380. The first-order valence-electron chi connectivity index (χ1n) is 8.14. The summed E-state index contributed by atoms with van der Waals surface area (Å²) in [6, 6.07) is 3.84. The molecule has 0 aliphatic heterocycles. The number of rotatable bonds is 10. The molecule has 1 aromatic heterocycles. The van der Waals surface area contributed by atoms with Crippen LogP contribution in [0.25, 0.3) is 0 Å². The SMILES string of the molecule is CC(C)CNCCCC(C)N(Cc1ccsc1)C1CC1. The first-order chi connectivity index (χ1) is 9.66. The lowest BCUT2D eigenvalue weighted by molar-refractivity contribution is 0.178. The number of nitrogens with zero attached hydrogens (tertiary/aromatic N) is 1. The fraction of sp³-hybridized carbons (Fsp3) is 0.765. The quantitative estimate of drug-likeness (QED) is 0.653. The molecule has 2 nitrogen and oxygen atoms in total. The molecule has 0 bridgehead atoms. The summed E-state index contributed by atoms with van der Waals surface area (Å²) < 4.78 is 0. The maximum Gasteiger partial charge on any atom is 0.0247 e. The highest BCUT2D eigenvalue weighted by atomic mass is 32.1.